The molecule has 0 fully saturated rings. The molecule has 0 radical (unpaired) electrons. The maximum absolute atomic E-state index is 3.67. The summed E-state index contributed by atoms with van der Waals surface area (Å²) in [6.45, 7) is 14.0. The zero-order valence-corrected chi connectivity index (χ0v) is 14.4. The predicted octanol–water partition coefficient (Wildman–Crippen LogP) is 5.79. The lowest BCUT2D eigenvalue weighted by atomic mass is 9.80. The molecule has 0 rings (SSSR count). The van der Waals surface area contributed by atoms with Crippen LogP contribution >= 0.6 is 0 Å². The van der Waals surface area contributed by atoms with Crippen molar-refractivity contribution < 1.29 is 0 Å². The highest BCUT2D eigenvalue weighted by molar-refractivity contribution is 4.77. The minimum Gasteiger partial charge on any atom is -0.316 e. The Kier molecular flexibility index (Phi) is 11.7. The topological polar surface area (TPSA) is 12.0 Å². The average molecular weight is 270 g/mol. The van der Waals surface area contributed by atoms with Crippen molar-refractivity contribution in [3.05, 3.63) is 0 Å². The van der Waals surface area contributed by atoms with Crippen LogP contribution in [0.15, 0.2) is 0 Å². The summed E-state index contributed by atoms with van der Waals surface area (Å²) in [4.78, 5) is 0. The monoisotopic (exact) mass is 269 g/mol. The van der Waals surface area contributed by atoms with Gasteiger partial charge in [0.2, 0.25) is 0 Å². The molecule has 0 aromatic heterocycles. The van der Waals surface area contributed by atoms with E-state index in [1.807, 2.05) is 0 Å². The highest BCUT2D eigenvalue weighted by Crippen LogP contribution is 2.29. The Labute approximate surface area is 122 Å². The second-order valence-corrected chi connectivity index (χ2v) is 7.10. The fourth-order valence-electron chi connectivity index (χ4n) is 2.90. The molecular formula is C18H39N. The maximum atomic E-state index is 3.67. The van der Waals surface area contributed by atoms with Gasteiger partial charge in [0.25, 0.3) is 0 Å². The van der Waals surface area contributed by atoms with Gasteiger partial charge in [-0.3, -0.25) is 0 Å². The molecule has 0 aromatic rings. The molecule has 1 N–H and O–H groups in total. The minimum atomic E-state index is 0.522. The molecule has 0 aliphatic rings. The minimum absolute atomic E-state index is 0.522. The largest absolute Gasteiger partial charge is 0.316 e. The molecule has 116 valence electrons. The van der Waals surface area contributed by atoms with E-state index < -0.39 is 0 Å². The van der Waals surface area contributed by atoms with Crippen molar-refractivity contribution in [3.8, 4) is 0 Å². The molecule has 1 unspecified atom stereocenters. The van der Waals surface area contributed by atoms with E-state index in [2.05, 4.69) is 39.9 Å². The predicted molar refractivity (Wildman–Crippen MR) is 88.7 cm³/mol. The van der Waals surface area contributed by atoms with E-state index in [9.17, 15) is 0 Å². The van der Waals surface area contributed by atoms with Crippen molar-refractivity contribution in [2.45, 2.75) is 92.4 Å². The van der Waals surface area contributed by atoms with Crippen LogP contribution in [0.5, 0.6) is 0 Å². The number of nitrogens with one attached hydrogen (secondary N) is 1. The smallest absolute Gasteiger partial charge is 0.000527 e. The zero-order chi connectivity index (χ0) is 14.6. The van der Waals surface area contributed by atoms with E-state index >= 15 is 0 Å². The Bertz CT molecular complexity index is 188. The summed E-state index contributed by atoms with van der Waals surface area (Å²) in [7, 11) is 0. The molecular weight excluding hydrogens is 230 g/mol. The fourth-order valence-corrected chi connectivity index (χ4v) is 2.90. The van der Waals surface area contributed by atoms with Crippen molar-refractivity contribution in [1.29, 1.82) is 0 Å². The molecule has 0 saturated heterocycles. The third-order valence-electron chi connectivity index (χ3n) is 4.09. The lowest BCUT2D eigenvalue weighted by Gasteiger charge is -2.30. The van der Waals surface area contributed by atoms with Gasteiger partial charge in [0.15, 0.2) is 0 Å². The van der Waals surface area contributed by atoms with Crippen molar-refractivity contribution in [2.24, 2.45) is 11.3 Å². The van der Waals surface area contributed by atoms with Crippen molar-refractivity contribution in [1.82, 2.24) is 5.32 Å². The van der Waals surface area contributed by atoms with Crippen molar-refractivity contribution in [3.63, 3.8) is 0 Å². The van der Waals surface area contributed by atoms with Crippen LogP contribution in [-0.2, 0) is 0 Å². The van der Waals surface area contributed by atoms with Crippen LogP contribution in [0.2, 0.25) is 0 Å². The Morgan fingerprint density at radius 2 is 1.47 bits per heavy atom. The van der Waals surface area contributed by atoms with E-state index in [1.165, 1.54) is 64.3 Å². The van der Waals surface area contributed by atoms with E-state index in [0.29, 0.717) is 5.41 Å². The number of hydrogen-bond donors (Lipinski definition) is 1. The van der Waals surface area contributed by atoms with E-state index in [4.69, 9.17) is 0 Å². The van der Waals surface area contributed by atoms with Gasteiger partial charge in [0.1, 0.15) is 0 Å². The molecule has 19 heavy (non-hydrogen) atoms. The zero-order valence-electron chi connectivity index (χ0n) is 14.4. The molecule has 1 heteroatoms. The van der Waals surface area contributed by atoms with E-state index in [1.54, 1.807) is 0 Å². The fraction of sp³-hybridized carbons (Fsp3) is 1.00. The van der Waals surface area contributed by atoms with Crippen LogP contribution in [0.4, 0.5) is 0 Å². The Morgan fingerprint density at radius 1 is 0.842 bits per heavy atom. The van der Waals surface area contributed by atoms with Gasteiger partial charge in [0, 0.05) is 6.54 Å². The maximum Gasteiger partial charge on any atom is 0.000527 e. The molecule has 0 spiro atoms. The van der Waals surface area contributed by atoms with Crippen molar-refractivity contribution in [2.75, 3.05) is 13.1 Å². The van der Waals surface area contributed by atoms with Gasteiger partial charge in [-0.2, -0.15) is 0 Å². The first-order valence-corrected chi connectivity index (χ1v) is 8.74. The number of rotatable bonds is 13. The van der Waals surface area contributed by atoms with Gasteiger partial charge >= 0.3 is 0 Å². The molecule has 0 aliphatic heterocycles. The Hall–Kier alpha value is -0.0400. The first kappa shape index (κ1) is 19.0. The van der Waals surface area contributed by atoms with Crippen LogP contribution in [-0.4, -0.2) is 13.1 Å². The van der Waals surface area contributed by atoms with Gasteiger partial charge in [0.05, 0.1) is 0 Å². The van der Waals surface area contributed by atoms with Gasteiger partial charge in [-0.15, -0.1) is 0 Å². The SMILES string of the molecule is CCCCCCCCC(C)(CCC)CNCC(C)C. The van der Waals surface area contributed by atoms with Crippen LogP contribution in [0.3, 0.4) is 0 Å². The molecule has 0 heterocycles. The third kappa shape index (κ3) is 11.5. The highest BCUT2D eigenvalue weighted by atomic mass is 14.9. The Morgan fingerprint density at radius 3 is 2.05 bits per heavy atom. The molecule has 0 saturated carbocycles. The highest BCUT2D eigenvalue weighted by Gasteiger charge is 2.22. The van der Waals surface area contributed by atoms with Crippen LogP contribution in [0.25, 0.3) is 0 Å². The van der Waals surface area contributed by atoms with Crippen LogP contribution in [0, 0.1) is 11.3 Å². The van der Waals surface area contributed by atoms with Gasteiger partial charge < -0.3 is 5.32 Å². The van der Waals surface area contributed by atoms with Gasteiger partial charge in [-0.05, 0) is 30.7 Å². The lowest BCUT2D eigenvalue weighted by molar-refractivity contribution is 0.243. The second-order valence-electron chi connectivity index (χ2n) is 7.10. The van der Waals surface area contributed by atoms with Crippen molar-refractivity contribution >= 4 is 0 Å². The van der Waals surface area contributed by atoms with Gasteiger partial charge in [-0.25, -0.2) is 0 Å². The molecule has 1 nitrogen and oxygen atoms in total. The first-order chi connectivity index (χ1) is 9.04. The molecule has 0 aliphatic carbocycles. The summed E-state index contributed by atoms with van der Waals surface area (Å²) < 4.78 is 0. The molecule has 0 bridgehead atoms. The summed E-state index contributed by atoms with van der Waals surface area (Å²) in [5, 5.41) is 3.67. The summed E-state index contributed by atoms with van der Waals surface area (Å²) >= 11 is 0. The molecule has 0 amide bonds. The average Bonchev–Trinajstić information content (AvgIpc) is 2.33. The first-order valence-electron chi connectivity index (χ1n) is 8.74. The third-order valence-corrected chi connectivity index (χ3v) is 4.09. The molecule has 0 aromatic carbocycles. The van der Waals surface area contributed by atoms with Crippen LogP contribution < -0.4 is 5.32 Å². The summed E-state index contributed by atoms with van der Waals surface area (Å²) in [6.07, 6.45) is 12.6. The normalized spacial score (nSPS) is 14.8. The summed E-state index contributed by atoms with van der Waals surface area (Å²) in [6, 6.07) is 0. The standard InChI is InChI=1S/C18H39N/c1-6-8-9-10-11-12-14-18(5,13-7-2)16-19-15-17(3)4/h17,19H,6-16H2,1-5H3. The van der Waals surface area contributed by atoms with E-state index in [0.717, 1.165) is 12.5 Å². The lowest BCUT2D eigenvalue weighted by Crippen LogP contribution is -2.33. The molecule has 1 atom stereocenters. The summed E-state index contributed by atoms with van der Waals surface area (Å²) in [5.74, 6) is 0.764. The quantitative estimate of drug-likeness (QED) is 0.417. The number of unbranched alkanes of at least 4 members (excludes halogenated alkanes) is 5. The second kappa shape index (κ2) is 11.8. The van der Waals surface area contributed by atoms with Gasteiger partial charge in [-0.1, -0.05) is 79.6 Å². The van der Waals surface area contributed by atoms with Crippen LogP contribution in [0.1, 0.15) is 92.4 Å². The summed E-state index contributed by atoms with van der Waals surface area (Å²) in [5.41, 5.74) is 0.522. The van der Waals surface area contributed by atoms with E-state index in [-0.39, 0.29) is 0 Å². The number of hydrogen-bond acceptors (Lipinski definition) is 1. The Balaban J connectivity index is 3.81.